The van der Waals surface area contributed by atoms with Crippen molar-refractivity contribution < 1.29 is 14.3 Å². The van der Waals surface area contributed by atoms with E-state index in [0.717, 1.165) is 21.5 Å². The first-order valence-electron chi connectivity index (χ1n) is 8.22. The SMILES string of the molecule is COc1ccc(C=NNC(=O)CSc2ccc3ccccc3n2)cc1OC. The molecule has 6 nitrogen and oxygen atoms in total. The number of nitrogens with one attached hydrogen (secondary N) is 1. The number of hydrogen-bond donors (Lipinski definition) is 1. The monoisotopic (exact) mass is 381 g/mol. The number of pyridine rings is 1. The summed E-state index contributed by atoms with van der Waals surface area (Å²) >= 11 is 1.37. The third-order valence-electron chi connectivity index (χ3n) is 3.73. The zero-order chi connectivity index (χ0) is 19.1. The predicted molar refractivity (Wildman–Crippen MR) is 108 cm³/mol. The van der Waals surface area contributed by atoms with E-state index in [-0.39, 0.29) is 11.7 Å². The summed E-state index contributed by atoms with van der Waals surface area (Å²) in [4.78, 5) is 16.5. The Morgan fingerprint density at radius 1 is 1.11 bits per heavy atom. The first-order valence-corrected chi connectivity index (χ1v) is 9.20. The number of carbonyl (C=O) groups excluding carboxylic acids is 1. The van der Waals surface area contributed by atoms with Crippen LogP contribution < -0.4 is 14.9 Å². The molecule has 0 spiro atoms. The van der Waals surface area contributed by atoms with Crippen molar-refractivity contribution >= 4 is 34.8 Å². The topological polar surface area (TPSA) is 72.8 Å². The van der Waals surface area contributed by atoms with Gasteiger partial charge in [0.25, 0.3) is 0 Å². The molecule has 0 aliphatic carbocycles. The predicted octanol–water partition coefficient (Wildman–Crippen LogP) is 3.49. The van der Waals surface area contributed by atoms with Gasteiger partial charge in [-0.25, -0.2) is 10.4 Å². The largest absolute Gasteiger partial charge is 0.493 e. The zero-order valence-electron chi connectivity index (χ0n) is 15.0. The fourth-order valence-corrected chi connectivity index (χ4v) is 3.08. The van der Waals surface area contributed by atoms with Crippen LogP contribution in [0.25, 0.3) is 10.9 Å². The van der Waals surface area contributed by atoms with Gasteiger partial charge in [0.2, 0.25) is 5.91 Å². The summed E-state index contributed by atoms with van der Waals surface area (Å²) in [5.74, 6) is 1.27. The highest BCUT2D eigenvalue weighted by Gasteiger charge is 2.05. The first kappa shape index (κ1) is 18.7. The van der Waals surface area contributed by atoms with Crippen LogP contribution in [0, 0.1) is 0 Å². The van der Waals surface area contributed by atoms with Crippen LogP contribution >= 0.6 is 11.8 Å². The van der Waals surface area contributed by atoms with E-state index in [1.54, 1.807) is 32.6 Å². The molecule has 7 heteroatoms. The number of amides is 1. The van der Waals surface area contributed by atoms with E-state index in [0.29, 0.717) is 11.5 Å². The Morgan fingerprint density at radius 2 is 1.93 bits per heavy atom. The summed E-state index contributed by atoms with van der Waals surface area (Å²) in [7, 11) is 3.15. The number of aromatic nitrogens is 1. The highest BCUT2D eigenvalue weighted by Crippen LogP contribution is 2.26. The van der Waals surface area contributed by atoms with Gasteiger partial charge in [-0.1, -0.05) is 36.0 Å². The third-order valence-corrected chi connectivity index (χ3v) is 4.66. The number of benzene rings is 2. The van der Waals surface area contributed by atoms with Gasteiger partial charge in [0.05, 0.1) is 36.7 Å². The maximum absolute atomic E-state index is 12.0. The molecule has 0 fully saturated rings. The number of methoxy groups -OCH3 is 2. The highest BCUT2D eigenvalue weighted by molar-refractivity contribution is 7.99. The van der Waals surface area contributed by atoms with E-state index in [2.05, 4.69) is 15.5 Å². The minimum atomic E-state index is -0.202. The van der Waals surface area contributed by atoms with E-state index in [1.165, 1.54) is 11.8 Å². The Morgan fingerprint density at radius 3 is 2.74 bits per heavy atom. The second kappa shape index (κ2) is 9.05. The molecule has 0 saturated carbocycles. The maximum Gasteiger partial charge on any atom is 0.250 e. The lowest BCUT2D eigenvalue weighted by molar-refractivity contribution is -0.118. The van der Waals surface area contributed by atoms with Crippen LogP contribution in [0.3, 0.4) is 0 Å². The molecule has 27 heavy (non-hydrogen) atoms. The van der Waals surface area contributed by atoms with Crippen LogP contribution in [0.2, 0.25) is 0 Å². The van der Waals surface area contributed by atoms with Gasteiger partial charge < -0.3 is 9.47 Å². The lowest BCUT2D eigenvalue weighted by Gasteiger charge is -2.07. The van der Waals surface area contributed by atoms with Gasteiger partial charge in [-0.15, -0.1) is 0 Å². The van der Waals surface area contributed by atoms with Gasteiger partial charge in [-0.2, -0.15) is 5.10 Å². The van der Waals surface area contributed by atoms with Crippen molar-refractivity contribution in [1.82, 2.24) is 10.4 Å². The van der Waals surface area contributed by atoms with Gasteiger partial charge in [0.15, 0.2) is 11.5 Å². The number of carbonyl (C=O) groups is 1. The van der Waals surface area contributed by atoms with Crippen LogP contribution in [-0.2, 0) is 4.79 Å². The Hall–Kier alpha value is -3.06. The van der Waals surface area contributed by atoms with E-state index in [9.17, 15) is 4.79 Å². The molecule has 0 aliphatic heterocycles. The van der Waals surface area contributed by atoms with E-state index in [4.69, 9.17) is 9.47 Å². The van der Waals surface area contributed by atoms with Gasteiger partial charge in [0.1, 0.15) is 0 Å². The minimum absolute atomic E-state index is 0.202. The molecular formula is C20H19N3O3S. The minimum Gasteiger partial charge on any atom is -0.493 e. The molecule has 0 radical (unpaired) electrons. The molecule has 0 unspecified atom stereocenters. The van der Waals surface area contributed by atoms with E-state index >= 15 is 0 Å². The second-order valence-corrected chi connectivity index (χ2v) is 6.53. The number of nitrogens with zero attached hydrogens (tertiary/aromatic N) is 2. The fraction of sp³-hybridized carbons (Fsp3) is 0.150. The number of ether oxygens (including phenoxy) is 2. The van der Waals surface area contributed by atoms with Gasteiger partial charge in [-0.05, 0) is 35.9 Å². The number of hydrazone groups is 1. The average molecular weight is 381 g/mol. The Balaban J connectivity index is 1.53. The first-order chi connectivity index (χ1) is 13.2. The van der Waals surface area contributed by atoms with Crippen molar-refractivity contribution in [3.63, 3.8) is 0 Å². The smallest absolute Gasteiger partial charge is 0.250 e. The van der Waals surface area contributed by atoms with Crippen molar-refractivity contribution in [2.24, 2.45) is 5.10 Å². The number of hydrogen-bond acceptors (Lipinski definition) is 6. The maximum atomic E-state index is 12.0. The summed E-state index contributed by atoms with van der Waals surface area (Å²) in [6.07, 6.45) is 1.55. The van der Waals surface area contributed by atoms with Gasteiger partial charge >= 0.3 is 0 Å². The standard InChI is InChI=1S/C20H19N3O3S/c1-25-17-9-7-14(11-18(17)26-2)12-21-23-19(24)13-27-20-10-8-15-5-3-4-6-16(15)22-20/h3-12H,13H2,1-2H3,(H,23,24). The van der Waals surface area contributed by atoms with Crippen LogP contribution in [-0.4, -0.2) is 37.1 Å². The average Bonchev–Trinajstić information content (AvgIpc) is 2.72. The summed E-state index contributed by atoms with van der Waals surface area (Å²) in [6, 6.07) is 17.2. The van der Waals surface area contributed by atoms with Crippen molar-refractivity contribution in [3.8, 4) is 11.5 Å². The summed E-state index contributed by atoms with van der Waals surface area (Å²) in [5, 5.41) is 5.85. The van der Waals surface area contributed by atoms with Gasteiger partial charge in [-0.3, -0.25) is 4.79 Å². The van der Waals surface area contributed by atoms with Crippen molar-refractivity contribution in [3.05, 3.63) is 60.2 Å². The summed E-state index contributed by atoms with van der Waals surface area (Å²) in [6.45, 7) is 0. The van der Waals surface area contributed by atoms with Crippen LogP contribution in [0.1, 0.15) is 5.56 Å². The van der Waals surface area contributed by atoms with Crippen molar-refractivity contribution in [2.45, 2.75) is 5.03 Å². The normalized spacial score (nSPS) is 10.9. The molecular weight excluding hydrogens is 362 g/mol. The molecule has 0 atom stereocenters. The molecule has 1 heterocycles. The zero-order valence-corrected chi connectivity index (χ0v) is 15.8. The molecule has 1 aromatic heterocycles. The molecule has 0 aliphatic rings. The molecule has 2 aromatic carbocycles. The van der Waals surface area contributed by atoms with Gasteiger partial charge in [0, 0.05) is 5.39 Å². The number of rotatable bonds is 7. The molecule has 3 aromatic rings. The van der Waals surface area contributed by atoms with Crippen LogP contribution in [0.4, 0.5) is 0 Å². The van der Waals surface area contributed by atoms with Crippen molar-refractivity contribution in [2.75, 3.05) is 20.0 Å². The molecule has 0 bridgehead atoms. The Kier molecular flexibility index (Phi) is 6.27. The lowest BCUT2D eigenvalue weighted by atomic mass is 10.2. The molecule has 1 N–H and O–H groups in total. The highest BCUT2D eigenvalue weighted by atomic mass is 32.2. The molecule has 138 valence electrons. The number of thioether (sulfide) groups is 1. The number of fused-ring (bicyclic) bond motifs is 1. The second-order valence-electron chi connectivity index (χ2n) is 5.54. The van der Waals surface area contributed by atoms with Crippen molar-refractivity contribution in [1.29, 1.82) is 0 Å². The molecule has 3 rings (SSSR count). The number of para-hydroxylation sites is 1. The van der Waals surface area contributed by atoms with E-state index < -0.39 is 0 Å². The lowest BCUT2D eigenvalue weighted by Crippen LogP contribution is -2.19. The molecule has 0 saturated heterocycles. The molecule has 1 amide bonds. The summed E-state index contributed by atoms with van der Waals surface area (Å²) < 4.78 is 10.4. The summed E-state index contributed by atoms with van der Waals surface area (Å²) in [5.41, 5.74) is 4.21. The van der Waals surface area contributed by atoms with E-state index in [1.807, 2.05) is 42.5 Å². The van der Waals surface area contributed by atoms with Crippen LogP contribution in [0.5, 0.6) is 11.5 Å². The quantitative estimate of drug-likeness (QED) is 0.385. The Labute approximate surface area is 161 Å². The fourth-order valence-electron chi connectivity index (χ4n) is 2.41. The third kappa shape index (κ3) is 4.98. The van der Waals surface area contributed by atoms with Crippen LogP contribution in [0.15, 0.2) is 64.7 Å². The Bertz CT molecular complexity index is 976.